The zero-order valence-corrected chi connectivity index (χ0v) is 12.1. The number of rotatable bonds is 1. The number of nitrogens with one attached hydrogen (secondary N) is 1. The maximum Gasteiger partial charge on any atom is 0.103 e. The third kappa shape index (κ3) is 1.81. The number of pyridine rings is 1. The number of benzene rings is 1. The Bertz CT molecular complexity index is 733. The number of anilines is 1. The van der Waals surface area contributed by atoms with Crippen LogP contribution in [0.5, 0.6) is 0 Å². The standard InChI is InChI=1S/C17H18N4/c1-11-15-9-19-7-13(15)10-21(11)17-12(6-18)8-20-16-5-3-2-4-14(16)17/h2-5,8,11,13,15,19H,7,9-10H2,1H3. The Balaban J connectivity index is 1.88. The number of para-hydroxylation sites is 1. The summed E-state index contributed by atoms with van der Waals surface area (Å²) in [6.45, 7) is 5.50. The van der Waals surface area contributed by atoms with Crippen LogP contribution in [0, 0.1) is 23.2 Å². The lowest BCUT2D eigenvalue weighted by molar-refractivity contribution is 0.471. The van der Waals surface area contributed by atoms with E-state index in [0.29, 0.717) is 23.4 Å². The summed E-state index contributed by atoms with van der Waals surface area (Å²) in [7, 11) is 0. The second kappa shape index (κ2) is 4.71. The Morgan fingerprint density at radius 1 is 1.33 bits per heavy atom. The molecule has 3 unspecified atom stereocenters. The van der Waals surface area contributed by atoms with E-state index in [1.165, 1.54) is 0 Å². The van der Waals surface area contributed by atoms with Crippen LogP contribution < -0.4 is 10.2 Å². The lowest BCUT2D eigenvalue weighted by Crippen LogP contribution is -2.33. The fourth-order valence-corrected chi connectivity index (χ4v) is 3.98. The average molecular weight is 278 g/mol. The van der Waals surface area contributed by atoms with Crippen molar-refractivity contribution in [3.63, 3.8) is 0 Å². The van der Waals surface area contributed by atoms with Crippen LogP contribution in [0.3, 0.4) is 0 Å². The SMILES string of the molecule is CC1C2CNCC2CN1c1c(C#N)cnc2ccccc12. The third-order valence-corrected chi connectivity index (χ3v) is 5.09. The molecule has 0 saturated carbocycles. The van der Waals surface area contributed by atoms with Crippen molar-refractivity contribution in [1.29, 1.82) is 5.26 Å². The predicted octanol–water partition coefficient (Wildman–Crippen LogP) is 2.15. The summed E-state index contributed by atoms with van der Waals surface area (Å²) < 4.78 is 0. The lowest BCUT2D eigenvalue weighted by atomic mass is 9.95. The van der Waals surface area contributed by atoms with Gasteiger partial charge in [-0.15, -0.1) is 0 Å². The molecule has 1 aromatic heterocycles. The van der Waals surface area contributed by atoms with Gasteiger partial charge in [0.25, 0.3) is 0 Å². The van der Waals surface area contributed by atoms with Crippen molar-refractivity contribution < 1.29 is 0 Å². The first-order chi connectivity index (χ1) is 10.3. The molecule has 3 atom stereocenters. The number of aromatic nitrogens is 1. The van der Waals surface area contributed by atoms with E-state index in [-0.39, 0.29) is 0 Å². The van der Waals surface area contributed by atoms with Gasteiger partial charge in [-0.3, -0.25) is 4.98 Å². The summed E-state index contributed by atoms with van der Waals surface area (Å²) in [5.41, 5.74) is 2.73. The average Bonchev–Trinajstić information content (AvgIpc) is 3.09. The number of fused-ring (bicyclic) bond motifs is 2. The molecule has 4 rings (SSSR count). The molecule has 0 radical (unpaired) electrons. The van der Waals surface area contributed by atoms with Crippen molar-refractivity contribution in [2.45, 2.75) is 13.0 Å². The minimum atomic E-state index is 0.461. The largest absolute Gasteiger partial charge is 0.366 e. The first-order valence-corrected chi connectivity index (χ1v) is 7.55. The summed E-state index contributed by atoms with van der Waals surface area (Å²) >= 11 is 0. The smallest absolute Gasteiger partial charge is 0.103 e. The Morgan fingerprint density at radius 2 is 2.19 bits per heavy atom. The van der Waals surface area contributed by atoms with Gasteiger partial charge < -0.3 is 10.2 Å². The molecule has 0 aliphatic carbocycles. The molecule has 2 aliphatic rings. The summed E-state index contributed by atoms with van der Waals surface area (Å²) in [5, 5.41) is 14.1. The van der Waals surface area contributed by atoms with E-state index in [4.69, 9.17) is 0 Å². The molecule has 2 fully saturated rings. The molecule has 4 nitrogen and oxygen atoms in total. The molecule has 0 bridgehead atoms. The number of hydrogen-bond acceptors (Lipinski definition) is 4. The van der Waals surface area contributed by atoms with Crippen molar-refractivity contribution in [3.05, 3.63) is 36.0 Å². The lowest BCUT2D eigenvalue weighted by Gasteiger charge is -2.28. The monoisotopic (exact) mass is 278 g/mol. The van der Waals surface area contributed by atoms with Gasteiger partial charge in [-0.05, 0) is 24.8 Å². The summed E-state index contributed by atoms with van der Waals surface area (Å²) in [6, 6.07) is 10.9. The normalized spacial score (nSPS) is 27.8. The molecular formula is C17H18N4. The Kier molecular flexibility index (Phi) is 2.83. The fourth-order valence-electron chi connectivity index (χ4n) is 3.98. The molecule has 2 aliphatic heterocycles. The molecule has 1 aromatic carbocycles. The van der Waals surface area contributed by atoms with E-state index in [0.717, 1.165) is 36.2 Å². The van der Waals surface area contributed by atoms with Gasteiger partial charge in [-0.1, -0.05) is 18.2 Å². The molecule has 4 heteroatoms. The van der Waals surface area contributed by atoms with Gasteiger partial charge in [-0.2, -0.15) is 5.26 Å². The quantitative estimate of drug-likeness (QED) is 0.868. The van der Waals surface area contributed by atoms with Crippen molar-refractivity contribution in [3.8, 4) is 6.07 Å². The van der Waals surface area contributed by atoms with E-state index >= 15 is 0 Å². The van der Waals surface area contributed by atoms with Gasteiger partial charge in [0.2, 0.25) is 0 Å². The van der Waals surface area contributed by atoms with Crippen LogP contribution in [0.4, 0.5) is 5.69 Å². The fraction of sp³-hybridized carbons (Fsp3) is 0.412. The number of nitrogens with zero attached hydrogens (tertiary/aromatic N) is 3. The second-order valence-electron chi connectivity index (χ2n) is 6.12. The van der Waals surface area contributed by atoms with E-state index in [1.807, 2.05) is 18.2 Å². The highest BCUT2D eigenvalue weighted by Crippen LogP contribution is 2.39. The number of hydrogen-bond donors (Lipinski definition) is 1. The van der Waals surface area contributed by atoms with Gasteiger partial charge in [0.15, 0.2) is 0 Å². The molecule has 1 N–H and O–H groups in total. The van der Waals surface area contributed by atoms with E-state index in [9.17, 15) is 5.26 Å². The first-order valence-electron chi connectivity index (χ1n) is 7.55. The Morgan fingerprint density at radius 3 is 3.00 bits per heavy atom. The predicted molar refractivity (Wildman–Crippen MR) is 83.1 cm³/mol. The van der Waals surface area contributed by atoms with Crippen molar-refractivity contribution >= 4 is 16.6 Å². The summed E-state index contributed by atoms with van der Waals surface area (Å²) in [4.78, 5) is 6.85. The minimum Gasteiger partial charge on any atom is -0.366 e. The zero-order valence-electron chi connectivity index (χ0n) is 12.1. The molecule has 2 aromatic rings. The highest BCUT2D eigenvalue weighted by Gasteiger charge is 2.42. The molecular weight excluding hydrogens is 260 g/mol. The van der Waals surface area contributed by atoms with Gasteiger partial charge in [0, 0.05) is 37.3 Å². The minimum absolute atomic E-state index is 0.461. The highest BCUT2D eigenvalue weighted by molar-refractivity contribution is 5.94. The molecule has 21 heavy (non-hydrogen) atoms. The van der Waals surface area contributed by atoms with Gasteiger partial charge in [-0.25, -0.2) is 0 Å². The maximum absolute atomic E-state index is 9.50. The molecule has 2 saturated heterocycles. The highest BCUT2D eigenvalue weighted by atomic mass is 15.2. The molecule has 3 heterocycles. The molecule has 0 amide bonds. The van der Waals surface area contributed by atoms with Crippen molar-refractivity contribution in [1.82, 2.24) is 10.3 Å². The van der Waals surface area contributed by atoms with Gasteiger partial charge >= 0.3 is 0 Å². The van der Waals surface area contributed by atoms with Crippen molar-refractivity contribution in [2.24, 2.45) is 11.8 Å². The van der Waals surface area contributed by atoms with Crippen LogP contribution in [0.15, 0.2) is 30.5 Å². The Labute approximate surface area is 124 Å². The van der Waals surface area contributed by atoms with Gasteiger partial charge in [0.05, 0.1) is 16.8 Å². The second-order valence-corrected chi connectivity index (χ2v) is 6.12. The van der Waals surface area contributed by atoms with Crippen LogP contribution in [0.25, 0.3) is 10.9 Å². The van der Waals surface area contributed by atoms with Crippen LogP contribution in [-0.2, 0) is 0 Å². The van der Waals surface area contributed by atoms with Crippen LogP contribution in [0.2, 0.25) is 0 Å². The number of nitriles is 1. The molecule has 0 spiro atoms. The Hall–Kier alpha value is -2.12. The van der Waals surface area contributed by atoms with E-state index in [1.54, 1.807) is 6.20 Å². The van der Waals surface area contributed by atoms with E-state index in [2.05, 4.69) is 34.3 Å². The molecule has 106 valence electrons. The van der Waals surface area contributed by atoms with E-state index < -0.39 is 0 Å². The van der Waals surface area contributed by atoms with Crippen LogP contribution >= 0.6 is 0 Å². The van der Waals surface area contributed by atoms with Crippen molar-refractivity contribution in [2.75, 3.05) is 24.5 Å². The van der Waals surface area contributed by atoms with Crippen LogP contribution in [0.1, 0.15) is 12.5 Å². The third-order valence-electron chi connectivity index (χ3n) is 5.09. The summed E-state index contributed by atoms with van der Waals surface area (Å²) in [5.74, 6) is 1.38. The topological polar surface area (TPSA) is 52.0 Å². The zero-order chi connectivity index (χ0) is 14.4. The summed E-state index contributed by atoms with van der Waals surface area (Å²) in [6.07, 6.45) is 1.72. The maximum atomic E-state index is 9.50. The first kappa shape index (κ1) is 12.6. The van der Waals surface area contributed by atoms with Gasteiger partial charge in [0.1, 0.15) is 6.07 Å². The van der Waals surface area contributed by atoms with Crippen LogP contribution in [-0.4, -0.2) is 30.7 Å².